The minimum atomic E-state index is -3.58. The number of H-pyrrole nitrogens is 1. The van der Waals surface area contributed by atoms with E-state index in [4.69, 9.17) is 16.3 Å². The maximum absolute atomic E-state index is 12.5. The van der Waals surface area contributed by atoms with E-state index < -0.39 is 10.0 Å². The molecular formula is C10H16ClN3O3S. The molecule has 2 rings (SSSR count). The Morgan fingerprint density at radius 1 is 1.50 bits per heavy atom. The van der Waals surface area contributed by atoms with Crippen LogP contribution in [0.3, 0.4) is 0 Å². The molecule has 0 radical (unpaired) electrons. The van der Waals surface area contributed by atoms with E-state index in [1.165, 1.54) is 10.5 Å². The van der Waals surface area contributed by atoms with Gasteiger partial charge in [-0.25, -0.2) is 8.42 Å². The summed E-state index contributed by atoms with van der Waals surface area (Å²) in [6.45, 7) is 4.39. The molecule has 2 heterocycles. The lowest BCUT2D eigenvalue weighted by Gasteiger charge is -2.34. The molecule has 18 heavy (non-hydrogen) atoms. The highest BCUT2D eigenvalue weighted by atomic mass is 35.5. The molecule has 1 fully saturated rings. The first-order valence-corrected chi connectivity index (χ1v) is 7.66. The molecule has 2 atom stereocenters. The smallest absolute Gasteiger partial charge is 0.260 e. The van der Waals surface area contributed by atoms with Crippen molar-refractivity contribution >= 4 is 21.6 Å². The molecule has 1 aliphatic rings. The van der Waals surface area contributed by atoms with Crippen molar-refractivity contribution in [2.45, 2.75) is 37.0 Å². The summed E-state index contributed by atoms with van der Waals surface area (Å²) in [4.78, 5) is 0. The number of rotatable bonds is 3. The molecule has 1 aromatic rings. The SMILES string of the molecule is CC1CN(S(=O)(=O)c2[nH]ncc2CCl)CC(C)O1. The van der Waals surface area contributed by atoms with Gasteiger partial charge in [-0.1, -0.05) is 0 Å². The number of sulfonamides is 1. The molecule has 2 unspecified atom stereocenters. The van der Waals surface area contributed by atoms with Gasteiger partial charge < -0.3 is 4.74 Å². The summed E-state index contributed by atoms with van der Waals surface area (Å²) >= 11 is 5.71. The van der Waals surface area contributed by atoms with Gasteiger partial charge in [-0.3, -0.25) is 5.10 Å². The van der Waals surface area contributed by atoms with Crippen molar-refractivity contribution in [3.63, 3.8) is 0 Å². The number of ether oxygens (including phenoxy) is 1. The molecule has 0 saturated carbocycles. The largest absolute Gasteiger partial charge is 0.373 e. The van der Waals surface area contributed by atoms with Gasteiger partial charge in [-0.15, -0.1) is 11.6 Å². The van der Waals surface area contributed by atoms with E-state index in [-0.39, 0.29) is 23.1 Å². The zero-order valence-corrected chi connectivity index (χ0v) is 11.8. The molecule has 0 bridgehead atoms. The summed E-state index contributed by atoms with van der Waals surface area (Å²) in [6, 6.07) is 0. The second-order valence-corrected chi connectivity index (χ2v) is 6.58. The fourth-order valence-electron chi connectivity index (χ4n) is 2.07. The average Bonchev–Trinajstić information content (AvgIpc) is 2.76. The van der Waals surface area contributed by atoms with Gasteiger partial charge in [0.1, 0.15) is 0 Å². The number of nitrogens with one attached hydrogen (secondary N) is 1. The molecule has 1 N–H and O–H groups in total. The van der Waals surface area contributed by atoms with E-state index in [0.717, 1.165) is 0 Å². The third-order valence-electron chi connectivity index (χ3n) is 2.81. The van der Waals surface area contributed by atoms with Crippen molar-refractivity contribution in [1.82, 2.24) is 14.5 Å². The molecule has 0 spiro atoms. The van der Waals surface area contributed by atoms with Crippen molar-refractivity contribution < 1.29 is 13.2 Å². The van der Waals surface area contributed by atoms with E-state index in [2.05, 4.69) is 10.2 Å². The highest BCUT2D eigenvalue weighted by Gasteiger charge is 2.34. The zero-order chi connectivity index (χ0) is 13.3. The van der Waals surface area contributed by atoms with Gasteiger partial charge in [-0.2, -0.15) is 9.40 Å². The van der Waals surface area contributed by atoms with Gasteiger partial charge in [0.15, 0.2) is 5.03 Å². The summed E-state index contributed by atoms with van der Waals surface area (Å²) in [5.74, 6) is 0.112. The fourth-order valence-corrected chi connectivity index (χ4v) is 4.05. The minimum absolute atomic E-state index is 0.0822. The van der Waals surface area contributed by atoms with Crippen LogP contribution < -0.4 is 0 Å². The van der Waals surface area contributed by atoms with Gasteiger partial charge >= 0.3 is 0 Å². The second-order valence-electron chi connectivity index (χ2n) is 4.44. The Kier molecular flexibility index (Phi) is 3.96. The van der Waals surface area contributed by atoms with E-state index in [9.17, 15) is 8.42 Å². The number of morpholine rings is 1. The quantitative estimate of drug-likeness (QED) is 0.842. The number of hydrogen-bond acceptors (Lipinski definition) is 4. The van der Waals surface area contributed by atoms with Crippen molar-refractivity contribution in [1.29, 1.82) is 0 Å². The highest BCUT2D eigenvalue weighted by molar-refractivity contribution is 7.89. The lowest BCUT2D eigenvalue weighted by molar-refractivity contribution is -0.0441. The summed E-state index contributed by atoms with van der Waals surface area (Å²) in [7, 11) is -3.58. The number of alkyl halides is 1. The molecule has 0 amide bonds. The first-order valence-electron chi connectivity index (χ1n) is 5.69. The number of halogens is 1. The van der Waals surface area contributed by atoms with Crippen LogP contribution in [-0.2, 0) is 20.6 Å². The van der Waals surface area contributed by atoms with E-state index in [1.807, 2.05) is 13.8 Å². The Bertz CT molecular complexity index is 506. The standard InChI is InChI=1S/C10H16ClN3O3S/c1-7-5-14(6-8(2)17-7)18(15,16)10-9(3-11)4-12-13-10/h4,7-8H,3,5-6H2,1-2H3,(H,12,13). The van der Waals surface area contributed by atoms with Gasteiger partial charge in [0.2, 0.25) is 0 Å². The predicted octanol–water partition coefficient (Wildman–Crippen LogP) is 0.946. The normalized spacial score (nSPS) is 26.4. The Morgan fingerprint density at radius 3 is 2.67 bits per heavy atom. The number of nitrogens with zero attached hydrogens (tertiary/aromatic N) is 2. The Labute approximate surface area is 111 Å². The topological polar surface area (TPSA) is 75.3 Å². The van der Waals surface area contributed by atoms with Gasteiger partial charge in [0.05, 0.1) is 24.3 Å². The zero-order valence-electron chi connectivity index (χ0n) is 10.3. The average molecular weight is 294 g/mol. The first-order chi connectivity index (χ1) is 8.45. The van der Waals surface area contributed by atoms with Gasteiger partial charge in [-0.05, 0) is 13.8 Å². The van der Waals surface area contributed by atoms with Crippen LogP contribution in [0.2, 0.25) is 0 Å². The van der Waals surface area contributed by atoms with Gasteiger partial charge in [0, 0.05) is 18.7 Å². The lowest BCUT2D eigenvalue weighted by atomic mass is 10.3. The van der Waals surface area contributed by atoms with E-state index in [1.54, 1.807) is 0 Å². The van der Waals surface area contributed by atoms with Crippen LogP contribution >= 0.6 is 11.6 Å². The van der Waals surface area contributed by atoms with E-state index >= 15 is 0 Å². The van der Waals surface area contributed by atoms with Crippen molar-refractivity contribution in [3.8, 4) is 0 Å². The molecular weight excluding hydrogens is 278 g/mol. The first kappa shape index (κ1) is 13.8. The molecule has 1 saturated heterocycles. The predicted molar refractivity (Wildman–Crippen MR) is 66.9 cm³/mol. The second kappa shape index (κ2) is 5.16. The molecule has 102 valence electrons. The Balaban J connectivity index is 2.31. The fraction of sp³-hybridized carbons (Fsp3) is 0.700. The van der Waals surface area contributed by atoms with Crippen LogP contribution in [0.25, 0.3) is 0 Å². The summed E-state index contributed by atoms with van der Waals surface area (Å²) < 4.78 is 31.9. The molecule has 8 heteroatoms. The van der Waals surface area contributed by atoms with Crippen molar-refractivity contribution in [2.24, 2.45) is 0 Å². The van der Waals surface area contributed by atoms with Crippen LogP contribution in [0, 0.1) is 0 Å². The molecule has 0 aromatic carbocycles. The molecule has 0 aliphatic carbocycles. The van der Waals surface area contributed by atoms with Crippen LogP contribution in [0.5, 0.6) is 0 Å². The minimum Gasteiger partial charge on any atom is -0.373 e. The molecule has 1 aromatic heterocycles. The maximum Gasteiger partial charge on any atom is 0.260 e. The summed E-state index contributed by atoms with van der Waals surface area (Å²) in [5.41, 5.74) is 0.489. The van der Waals surface area contributed by atoms with Gasteiger partial charge in [0.25, 0.3) is 10.0 Å². The number of aromatic amines is 1. The third kappa shape index (κ3) is 2.54. The van der Waals surface area contributed by atoms with E-state index in [0.29, 0.717) is 18.7 Å². The maximum atomic E-state index is 12.5. The summed E-state index contributed by atoms with van der Waals surface area (Å²) in [6.07, 6.45) is 1.20. The van der Waals surface area contributed by atoms with Crippen LogP contribution in [-0.4, -0.2) is 48.2 Å². The molecule has 1 aliphatic heterocycles. The van der Waals surface area contributed by atoms with Crippen LogP contribution in [0.15, 0.2) is 11.2 Å². The number of hydrogen-bond donors (Lipinski definition) is 1. The van der Waals surface area contributed by atoms with Crippen molar-refractivity contribution in [2.75, 3.05) is 13.1 Å². The third-order valence-corrected chi connectivity index (χ3v) is 4.94. The Hall–Kier alpha value is -0.630. The monoisotopic (exact) mass is 293 g/mol. The summed E-state index contributed by atoms with van der Waals surface area (Å²) in [5, 5.41) is 6.35. The van der Waals surface area contributed by atoms with Crippen LogP contribution in [0.4, 0.5) is 0 Å². The number of aromatic nitrogens is 2. The lowest BCUT2D eigenvalue weighted by Crippen LogP contribution is -2.48. The van der Waals surface area contributed by atoms with Crippen molar-refractivity contribution in [3.05, 3.63) is 11.8 Å². The van der Waals surface area contributed by atoms with Crippen LogP contribution in [0.1, 0.15) is 19.4 Å². The molecule has 6 nitrogen and oxygen atoms in total. The Morgan fingerprint density at radius 2 is 2.11 bits per heavy atom. The highest BCUT2D eigenvalue weighted by Crippen LogP contribution is 2.22.